The molecule has 2 atom stereocenters. The Morgan fingerprint density at radius 1 is 1.35 bits per heavy atom. The van der Waals surface area contributed by atoms with Gasteiger partial charge in [0.15, 0.2) is 0 Å². The first-order chi connectivity index (χ1) is 9.49. The Morgan fingerprint density at radius 3 is 2.55 bits per heavy atom. The van der Waals surface area contributed by atoms with Crippen LogP contribution in [-0.2, 0) is 0 Å². The Kier molecular flexibility index (Phi) is 4.80. The van der Waals surface area contributed by atoms with E-state index in [1.54, 1.807) is 17.5 Å². The summed E-state index contributed by atoms with van der Waals surface area (Å²) in [6.07, 6.45) is 0.533. The average molecular weight is 298 g/mol. The molecule has 2 unspecified atom stereocenters. The zero-order chi connectivity index (χ0) is 14.7. The highest BCUT2D eigenvalue weighted by Crippen LogP contribution is 2.22. The molecule has 20 heavy (non-hydrogen) atoms. The molecule has 0 aliphatic heterocycles. The lowest BCUT2D eigenvalue weighted by Crippen LogP contribution is -2.25. The summed E-state index contributed by atoms with van der Waals surface area (Å²) in [5, 5.41) is 13.8. The van der Waals surface area contributed by atoms with Gasteiger partial charge in [0.2, 0.25) is 0 Å². The van der Waals surface area contributed by atoms with E-state index >= 15 is 0 Å². The molecule has 2 rings (SSSR count). The molecule has 1 heterocycles. The number of nitrogens with zero attached hydrogens (tertiary/aromatic N) is 1. The lowest BCUT2D eigenvalue weighted by Gasteiger charge is -2.16. The number of halogens is 2. The standard InChI is InChI=1S/C14H16F2N2OS/c1-8-6-18-14(20-8)9(2)17-7-12(19)13-10(15)4-3-5-11(13)16/h3-6,9,12,17,19H,7H2,1-2H3. The Labute approximate surface area is 120 Å². The normalized spacial score (nSPS) is 14.2. The summed E-state index contributed by atoms with van der Waals surface area (Å²) < 4.78 is 27.0. The van der Waals surface area contributed by atoms with Gasteiger partial charge < -0.3 is 10.4 Å². The highest BCUT2D eigenvalue weighted by Gasteiger charge is 2.19. The van der Waals surface area contributed by atoms with Crippen LogP contribution in [0.3, 0.4) is 0 Å². The number of aliphatic hydroxyl groups excluding tert-OH is 1. The molecule has 0 radical (unpaired) electrons. The highest BCUT2D eigenvalue weighted by atomic mass is 32.1. The topological polar surface area (TPSA) is 45.2 Å². The van der Waals surface area contributed by atoms with Crippen LogP contribution in [0.4, 0.5) is 8.78 Å². The maximum absolute atomic E-state index is 13.5. The van der Waals surface area contributed by atoms with Gasteiger partial charge in [-0.1, -0.05) is 6.07 Å². The summed E-state index contributed by atoms with van der Waals surface area (Å²) in [5.41, 5.74) is -0.303. The van der Waals surface area contributed by atoms with Crippen molar-refractivity contribution in [2.24, 2.45) is 0 Å². The number of aryl methyl sites for hydroxylation is 1. The van der Waals surface area contributed by atoms with Crippen LogP contribution in [0, 0.1) is 18.6 Å². The lowest BCUT2D eigenvalue weighted by atomic mass is 10.1. The number of nitrogens with one attached hydrogen (secondary N) is 1. The molecule has 0 aliphatic carbocycles. The van der Waals surface area contributed by atoms with Crippen LogP contribution in [0.2, 0.25) is 0 Å². The second kappa shape index (κ2) is 6.39. The monoisotopic (exact) mass is 298 g/mol. The Morgan fingerprint density at radius 2 is 2.00 bits per heavy atom. The molecule has 0 aliphatic rings. The van der Waals surface area contributed by atoms with E-state index in [2.05, 4.69) is 10.3 Å². The van der Waals surface area contributed by atoms with E-state index in [-0.39, 0.29) is 18.2 Å². The van der Waals surface area contributed by atoms with Gasteiger partial charge in [-0.25, -0.2) is 13.8 Å². The van der Waals surface area contributed by atoms with Crippen molar-refractivity contribution in [2.45, 2.75) is 26.0 Å². The van der Waals surface area contributed by atoms with Crippen LogP contribution >= 0.6 is 11.3 Å². The van der Waals surface area contributed by atoms with Crippen molar-refractivity contribution < 1.29 is 13.9 Å². The fraction of sp³-hybridized carbons (Fsp3) is 0.357. The molecule has 1 aromatic heterocycles. The van der Waals surface area contributed by atoms with Gasteiger partial charge in [0, 0.05) is 17.6 Å². The SMILES string of the molecule is Cc1cnc(C(C)NCC(O)c2c(F)cccc2F)s1. The third-order valence-corrected chi connectivity index (χ3v) is 4.06. The summed E-state index contributed by atoms with van der Waals surface area (Å²) in [4.78, 5) is 5.32. The third-order valence-electron chi connectivity index (χ3n) is 2.96. The van der Waals surface area contributed by atoms with Gasteiger partial charge in [0.25, 0.3) is 0 Å². The van der Waals surface area contributed by atoms with E-state index in [4.69, 9.17) is 0 Å². The Bertz CT molecular complexity index is 568. The van der Waals surface area contributed by atoms with E-state index in [0.29, 0.717) is 0 Å². The van der Waals surface area contributed by atoms with Crippen molar-refractivity contribution in [2.75, 3.05) is 6.54 Å². The lowest BCUT2D eigenvalue weighted by molar-refractivity contribution is 0.161. The highest BCUT2D eigenvalue weighted by molar-refractivity contribution is 7.11. The fourth-order valence-corrected chi connectivity index (χ4v) is 2.68. The molecule has 0 amide bonds. The van der Waals surface area contributed by atoms with Gasteiger partial charge in [-0.3, -0.25) is 0 Å². The minimum Gasteiger partial charge on any atom is -0.387 e. The zero-order valence-electron chi connectivity index (χ0n) is 11.2. The molecule has 0 fully saturated rings. The predicted octanol–water partition coefficient (Wildman–Crippen LogP) is 3.11. The number of hydrogen-bond acceptors (Lipinski definition) is 4. The van der Waals surface area contributed by atoms with E-state index in [9.17, 15) is 13.9 Å². The van der Waals surface area contributed by atoms with E-state index < -0.39 is 17.7 Å². The minimum atomic E-state index is -1.24. The first-order valence-electron chi connectivity index (χ1n) is 6.26. The van der Waals surface area contributed by atoms with Crippen LogP contribution in [0.5, 0.6) is 0 Å². The molecule has 2 N–H and O–H groups in total. The van der Waals surface area contributed by atoms with E-state index in [1.165, 1.54) is 6.07 Å². The van der Waals surface area contributed by atoms with E-state index in [1.807, 2.05) is 13.8 Å². The number of aliphatic hydroxyl groups is 1. The zero-order valence-corrected chi connectivity index (χ0v) is 12.0. The number of benzene rings is 1. The maximum Gasteiger partial charge on any atom is 0.131 e. The molecular formula is C14H16F2N2OS. The van der Waals surface area contributed by atoms with Crippen molar-refractivity contribution in [1.29, 1.82) is 0 Å². The molecule has 6 heteroatoms. The Balaban J connectivity index is 2.00. The molecule has 0 saturated heterocycles. The van der Waals surface area contributed by atoms with Crippen molar-refractivity contribution >= 4 is 11.3 Å². The van der Waals surface area contributed by atoms with Crippen molar-refractivity contribution in [3.8, 4) is 0 Å². The molecule has 0 bridgehead atoms. The summed E-state index contributed by atoms with van der Waals surface area (Å²) in [6, 6.07) is 3.46. The summed E-state index contributed by atoms with van der Waals surface area (Å²) >= 11 is 1.55. The number of thiazole rings is 1. The van der Waals surface area contributed by atoms with Crippen LogP contribution in [0.1, 0.15) is 34.5 Å². The van der Waals surface area contributed by atoms with Crippen LogP contribution in [-0.4, -0.2) is 16.6 Å². The largest absolute Gasteiger partial charge is 0.387 e. The molecular weight excluding hydrogens is 282 g/mol. The van der Waals surface area contributed by atoms with Crippen LogP contribution < -0.4 is 5.32 Å². The van der Waals surface area contributed by atoms with Gasteiger partial charge in [-0.15, -0.1) is 11.3 Å². The first-order valence-corrected chi connectivity index (χ1v) is 7.08. The quantitative estimate of drug-likeness (QED) is 0.891. The van der Waals surface area contributed by atoms with E-state index in [0.717, 1.165) is 22.0 Å². The third kappa shape index (κ3) is 3.39. The molecule has 108 valence electrons. The molecule has 0 saturated carbocycles. The smallest absolute Gasteiger partial charge is 0.131 e. The number of rotatable bonds is 5. The van der Waals surface area contributed by atoms with Gasteiger partial charge in [0.05, 0.1) is 17.7 Å². The van der Waals surface area contributed by atoms with Crippen molar-refractivity contribution in [3.05, 3.63) is 51.5 Å². The number of aromatic nitrogens is 1. The maximum atomic E-state index is 13.5. The Hall–Kier alpha value is -1.37. The van der Waals surface area contributed by atoms with Gasteiger partial charge in [-0.05, 0) is 26.0 Å². The van der Waals surface area contributed by atoms with Crippen molar-refractivity contribution in [1.82, 2.24) is 10.3 Å². The first kappa shape index (κ1) is 15.0. The number of hydrogen-bond donors (Lipinski definition) is 2. The second-order valence-corrected chi connectivity index (χ2v) is 5.86. The molecule has 1 aromatic carbocycles. The van der Waals surface area contributed by atoms with Gasteiger partial charge in [-0.2, -0.15) is 0 Å². The summed E-state index contributed by atoms with van der Waals surface area (Å²) in [7, 11) is 0. The summed E-state index contributed by atoms with van der Waals surface area (Å²) in [5.74, 6) is -1.48. The molecule has 0 spiro atoms. The second-order valence-electron chi connectivity index (χ2n) is 4.59. The minimum absolute atomic E-state index is 0.0532. The molecule has 3 nitrogen and oxygen atoms in total. The fourth-order valence-electron chi connectivity index (χ4n) is 1.88. The predicted molar refractivity (Wildman–Crippen MR) is 74.6 cm³/mol. The van der Waals surface area contributed by atoms with Crippen LogP contribution in [0.15, 0.2) is 24.4 Å². The summed E-state index contributed by atoms with van der Waals surface area (Å²) in [6.45, 7) is 3.90. The van der Waals surface area contributed by atoms with Crippen LogP contribution in [0.25, 0.3) is 0 Å². The van der Waals surface area contributed by atoms with Crippen molar-refractivity contribution in [3.63, 3.8) is 0 Å². The van der Waals surface area contributed by atoms with Gasteiger partial charge >= 0.3 is 0 Å². The van der Waals surface area contributed by atoms with Gasteiger partial charge in [0.1, 0.15) is 16.6 Å². The average Bonchev–Trinajstić information content (AvgIpc) is 2.82. The molecule has 2 aromatic rings.